The molecule has 2 aromatic rings. The predicted molar refractivity (Wildman–Crippen MR) is 79.0 cm³/mol. The van der Waals surface area contributed by atoms with Gasteiger partial charge in [-0.05, 0) is 32.0 Å². The highest BCUT2D eigenvalue weighted by molar-refractivity contribution is 6.30. The number of ether oxygens (including phenoxy) is 1. The van der Waals surface area contributed by atoms with E-state index < -0.39 is 0 Å². The molecule has 0 saturated carbocycles. The number of halogens is 1. The van der Waals surface area contributed by atoms with Gasteiger partial charge in [-0.1, -0.05) is 17.7 Å². The van der Waals surface area contributed by atoms with Crippen LogP contribution in [0.15, 0.2) is 24.3 Å². The molecule has 0 amide bonds. The van der Waals surface area contributed by atoms with E-state index in [-0.39, 0.29) is 12.0 Å². The SMILES string of the molecule is Cc1nc(N)nc(NC(C)COc2cccc(Cl)c2)n1. The molecule has 3 N–H and O–H groups in total. The zero-order valence-corrected chi connectivity index (χ0v) is 12.1. The van der Waals surface area contributed by atoms with Gasteiger partial charge in [0.15, 0.2) is 0 Å². The molecule has 0 saturated heterocycles. The van der Waals surface area contributed by atoms with Gasteiger partial charge in [0.1, 0.15) is 18.2 Å². The third kappa shape index (κ3) is 4.24. The van der Waals surface area contributed by atoms with E-state index in [9.17, 15) is 0 Å². The molecule has 106 valence electrons. The number of aromatic nitrogens is 3. The first-order valence-corrected chi connectivity index (χ1v) is 6.54. The van der Waals surface area contributed by atoms with E-state index >= 15 is 0 Å². The summed E-state index contributed by atoms with van der Waals surface area (Å²) in [7, 11) is 0. The van der Waals surface area contributed by atoms with E-state index in [2.05, 4.69) is 20.3 Å². The minimum atomic E-state index is 0.00943. The van der Waals surface area contributed by atoms with Crippen LogP contribution in [0.4, 0.5) is 11.9 Å². The molecule has 0 aliphatic rings. The van der Waals surface area contributed by atoms with Crippen LogP contribution in [-0.2, 0) is 0 Å². The van der Waals surface area contributed by atoms with Gasteiger partial charge in [0.25, 0.3) is 0 Å². The number of nitrogens with zero attached hydrogens (tertiary/aromatic N) is 3. The third-order valence-corrected chi connectivity index (χ3v) is 2.67. The lowest BCUT2D eigenvalue weighted by atomic mass is 10.3. The molecule has 2 rings (SSSR count). The fourth-order valence-electron chi connectivity index (χ4n) is 1.61. The topological polar surface area (TPSA) is 86.0 Å². The molecule has 0 fully saturated rings. The summed E-state index contributed by atoms with van der Waals surface area (Å²) in [6.45, 7) is 4.17. The molecule has 1 unspecified atom stereocenters. The Balaban J connectivity index is 1.90. The van der Waals surface area contributed by atoms with E-state index in [0.717, 1.165) is 5.75 Å². The van der Waals surface area contributed by atoms with Crippen LogP contribution >= 0.6 is 11.6 Å². The molecule has 0 radical (unpaired) electrons. The Kier molecular flexibility index (Phi) is 4.57. The number of anilines is 2. The largest absolute Gasteiger partial charge is 0.491 e. The van der Waals surface area contributed by atoms with Gasteiger partial charge in [0.05, 0.1) is 6.04 Å². The number of benzene rings is 1. The second-order valence-electron chi connectivity index (χ2n) is 4.38. The average Bonchev–Trinajstić information content (AvgIpc) is 2.35. The van der Waals surface area contributed by atoms with Crippen LogP contribution in [0.25, 0.3) is 0 Å². The van der Waals surface area contributed by atoms with Crippen molar-refractivity contribution in [2.24, 2.45) is 0 Å². The van der Waals surface area contributed by atoms with Gasteiger partial charge < -0.3 is 15.8 Å². The zero-order chi connectivity index (χ0) is 14.5. The van der Waals surface area contributed by atoms with Crippen molar-refractivity contribution in [1.82, 2.24) is 15.0 Å². The highest BCUT2D eigenvalue weighted by Gasteiger charge is 2.07. The summed E-state index contributed by atoms with van der Waals surface area (Å²) >= 11 is 5.89. The van der Waals surface area contributed by atoms with Crippen molar-refractivity contribution < 1.29 is 4.74 Å². The molecule has 1 aromatic carbocycles. The number of hydrogen-bond donors (Lipinski definition) is 2. The minimum Gasteiger partial charge on any atom is -0.491 e. The number of hydrogen-bond acceptors (Lipinski definition) is 6. The first kappa shape index (κ1) is 14.3. The van der Waals surface area contributed by atoms with E-state index in [1.54, 1.807) is 19.1 Å². The Morgan fingerprint density at radius 1 is 1.35 bits per heavy atom. The Labute approximate surface area is 122 Å². The van der Waals surface area contributed by atoms with Crippen molar-refractivity contribution in [3.05, 3.63) is 35.1 Å². The highest BCUT2D eigenvalue weighted by Crippen LogP contribution is 2.17. The molecule has 0 aliphatic heterocycles. The second-order valence-corrected chi connectivity index (χ2v) is 4.81. The van der Waals surface area contributed by atoms with E-state index in [1.807, 2.05) is 19.1 Å². The maximum atomic E-state index is 5.89. The lowest BCUT2D eigenvalue weighted by Gasteiger charge is -2.15. The Hall–Kier alpha value is -2.08. The van der Waals surface area contributed by atoms with Crippen LogP contribution in [0.5, 0.6) is 5.75 Å². The summed E-state index contributed by atoms with van der Waals surface area (Å²) in [5.74, 6) is 1.93. The molecule has 20 heavy (non-hydrogen) atoms. The Morgan fingerprint density at radius 3 is 2.85 bits per heavy atom. The van der Waals surface area contributed by atoms with Crippen LogP contribution in [-0.4, -0.2) is 27.6 Å². The molecular weight excluding hydrogens is 278 g/mol. The van der Waals surface area contributed by atoms with Gasteiger partial charge in [-0.15, -0.1) is 0 Å². The van der Waals surface area contributed by atoms with Crippen molar-refractivity contribution in [1.29, 1.82) is 0 Å². The smallest absolute Gasteiger partial charge is 0.228 e. The molecule has 6 nitrogen and oxygen atoms in total. The van der Waals surface area contributed by atoms with Crippen LogP contribution in [0.1, 0.15) is 12.7 Å². The Morgan fingerprint density at radius 2 is 2.15 bits per heavy atom. The van der Waals surface area contributed by atoms with Gasteiger partial charge in [-0.25, -0.2) is 0 Å². The standard InChI is InChI=1S/C13H16ClN5O/c1-8(7-20-11-5-3-4-10(14)6-11)16-13-18-9(2)17-12(15)19-13/h3-6,8H,7H2,1-2H3,(H3,15,16,17,18,19). The van der Waals surface area contributed by atoms with E-state index in [0.29, 0.717) is 23.4 Å². The molecule has 1 aromatic heterocycles. The summed E-state index contributed by atoms with van der Waals surface area (Å²) in [5, 5.41) is 3.75. The number of rotatable bonds is 5. The van der Waals surface area contributed by atoms with Gasteiger partial charge >= 0.3 is 0 Å². The number of nitrogens with one attached hydrogen (secondary N) is 1. The minimum absolute atomic E-state index is 0.00943. The molecular formula is C13H16ClN5O. The van der Waals surface area contributed by atoms with Crippen molar-refractivity contribution in [2.75, 3.05) is 17.7 Å². The highest BCUT2D eigenvalue weighted by atomic mass is 35.5. The summed E-state index contributed by atoms with van der Waals surface area (Å²) in [6.07, 6.45) is 0. The van der Waals surface area contributed by atoms with Crippen molar-refractivity contribution >= 4 is 23.5 Å². The molecule has 7 heteroatoms. The average molecular weight is 294 g/mol. The summed E-state index contributed by atoms with van der Waals surface area (Å²) in [5.41, 5.74) is 5.57. The molecule has 1 atom stereocenters. The summed E-state index contributed by atoms with van der Waals surface area (Å²) in [6, 6.07) is 7.26. The van der Waals surface area contributed by atoms with Crippen LogP contribution in [0.3, 0.4) is 0 Å². The molecule has 0 spiro atoms. The van der Waals surface area contributed by atoms with Crippen molar-refractivity contribution in [3.8, 4) is 5.75 Å². The first-order valence-electron chi connectivity index (χ1n) is 6.16. The third-order valence-electron chi connectivity index (χ3n) is 2.44. The Bertz CT molecular complexity index is 572. The van der Waals surface area contributed by atoms with Crippen LogP contribution in [0.2, 0.25) is 5.02 Å². The number of nitrogens with two attached hydrogens (primary N) is 1. The maximum absolute atomic E-state index is 5.89. The van der Waals surface area contributed by atoms with E-state index in [4.69, 9.17) is 22.1 Å². The first-order chi connectivity index (χ1) is 9.52. The lowest BCUT2D eigenvalue weighted by Crippen LogP contribution is -2.25. The van der Waals surface area contributed by atoms with Crippen molar-refractivity contribution in [3.63, 3.8) is 0 Å². The summed E-state index contributed by atoms with van der Waals surface area (Å²) < 4.78 is 5.63. The van der Waals surface area contributed by atoms with Crippen molar-refractivity contribution in [2.45, 2.75) is 19.9 Å². The number of nitrogen functional groups attached to an aromatic ring is 1. The van der Waals surface area contributed by atoms with Gasteiger partial charge in [-0.3, -0.25) is 0 Å². The molecule has 0 aliphatic carbocycles. The predicted octanol–water partition coefficient (Wildman–Crippen LogP) is 2.30. The van der Waals surface area contributed by atoms with Gasteiger partial charge in [0.2, 0.25) is 11.9 Å². The fourth-order valence-corrected chi connectivity index (χ4v) is 1.79. The van der Waals surface area contributed by atoms with E-state index in [1.165, 1.54) is 0 Å². The van der Waals surface area contributed by atoms with Crippen LogP contribution in [0, 0.1) is 6.92 Å². The normalized spacial score (nSPS) is 11.9. The monoisotopic (exact) mass is 293 g/mol. The fraction of sp³-hybridized carbons (Fsp3) is 0.308. The second kappa shape index (κ2) is 6.38. The molecule has 0 bridgehead atoms. The number of aryl methyl sites for hydroxylation is 1. The lowest BCUT2D eigenvalue weighted by molar-refractivity contribution is 0.303. The van der Waals surface area contributed by atoms with Crippen LogP contribution < -0.4 is 15.8 Å². The van der Waals surface area contributed by atoms with Gasteiger partial charge in [-0.2, -0.15) is 15.0 Å². The molecule has 1 heterocycles. The van der Waals surface area contributed by atoms with Gasteiger partial charge in [0, 0.05) is 5.02 Å². The summed E-state index contributed by atoms with van der Waals surface area (Å²) in [4.78, 5) is 12.1. The maximum Gasteiger partial charge on any atom is 0.228 e. The zero-order valence-electron chi connectivity index (χ0n) is 11.3. The quantitative estimate of drug-likeness (QED) is 0.880.